The lowest BCUT2D eigenvalue weighted by atomic mass is 9.99. The second-order valence-electron chi connectivity index (χ2n) is 8.89. The number of sulfonamides is 1. The van der Waals surface area contributed by atoms with Crippen molar-refractivity contribution < 1.29 is 22.7 Å². The first kappa shape index (κ1) is 28.0. The second-order valence-corrected chi connectivity index (χ2v) is 10.8. The van der Waals surface area contributed by atoms with E-state index < -0.39 is 10.0 Å². The van der Waals surface area contributed by atoms with Crippen LogP contribution >= 0.6 is 0 Å². The number of nitrogens with zero attached hydrogens (tertiary/aromatic N) is 1. The van der Waals surface area contributed by atoms with Gasteiger partial charge in [0, 0.05) is 30.4 Å². The summed E-state index contributed by atoms with van der Waals surface area (Å²) in [5.41, 5.74) is 4.49. The van der Waals surface area contributed by atoms with E-state index in [-0.39, 0.29) is 5.91 Å². The van der Waals surface area contributed by atoms with Gasteiger partial charge in [-0.2, -0.15) is 0 Å². The molecule has 3 aromatic carbocycles. The number of amides is 1. The average Bonchev–Trinajstić information content (AvgIpc) is 3.22. The Morgan fingerprint density at radius 2 is 1.59 bits per heavy atom. The zero-order chi connectivity index (χ0) is 28.0. The van der Waals surface area contributed by atoms with E-state index >= 15 is 0 Å². The highest BCUT2D eigenvalue weighted by atomic mass is 32.2. The molecule has 1 amide bonds. The molecule has 206 valence electrons. The Kier molecular flexibility index (Phi) is 8.78. The van der Waals surface area contributed by atoms with Gasteiger partial charge in [0.15, 0.2) is 11.5 Å². The van der Waals surface area contributed by atoms with E-state index in [1.807, 2.05) is 50.2 Å². The summed E-state index contributed by atoms with van der Waals surface area (Å²) in [7, 11) is -1.67. The predicted octanol–water partition coefficient (Wildman–Crippen LogP) is 4.40. The van der Waals surface area contributed by atoms with Gasteiger partial charge in [0.25, 0.3) is 5.91 Å². The van der Waals surface area contributed by atoms with Crippen molar-refractivity contribution in [2.24, 2.45) is 0 Å². The molecule has 3 aromatic rings. The van der Waals surface area contributed by atoms with Crippen molar-refractivity contribution in [3.63, 3.8) is 0 Å². The summed E-state index contributed by atoms with van der Waals surface area (Å²) in [5.74, 6) is 0.879. The van der Waals surface area contributed by atoms with Crippen molar-refractivity contribution in [1.82, 2.24) is 5.32 Å². The molecule has 3 N–H and O–H groups in total. The number of rotatable bonds is 12. The molecular formula is C29H34N4O5S. The Balaban J connectivity index is 1.78. The number of hydrogen-bond donors (Lipinski definition) is 3. The maximum absolute atomic E-state index is 13.4. The Hall–Kier alpha value is -4.02. The molecule has 39 heavy (non-hydrogen) atoms. The van der Waals surface area contributed by atoms with Crippen molar-refractivity contribution in [3.8, 4) is 11.5 Å². The molecule has 0 atom stereocenters. The van der Waals surface area contributed by atoms with Crippen LogP contribution in [0.25, 0.3) is 11.3 Å². The number of anilines is 3. The molecular weight excluding hydrogens is 516 g/mol. The van der Waals surface area contributed by atoms with E-state index in [0.29, 0.717) is 71.7 Å². The van der Waals surface area contributed by atoms with E-state index in [1.54, 1.807) is 37.4 Å². The first-order valence-corrected chi connectivity index (χ1v) is 14.7. The SMILES string of the molecule is CCOc1cc2c(cc1OCC)C(=C(Nc1ccc(N(CCNC)S(C)(=O)=O)cc1)c1ccccc1)C(=O)N2. The van der Waals surface area contributed by atoms with E-state index in [0.717, 1.165) is 5.56 Å². The molecule has 0 saturated heterocycles. The molecule has 4 rings (SSSR count). The zero-order valence-electron chi connectivity index (χ0n) is 22.6. The van der Waals surface area contributed by atoms with Gasteiger partial charge in [0.2, 0.25) is 10.0 Å². The van der Waals surface area contributed by atoms with Crippen LogP contribution in [0, 0.1) is 0 Å². The van der Waals surface area contributed by atoms with Gasteiger partial charge < -0.3 is 25.4 Å². The maximum Gasteiger partial charge on any atom is 0.258 e. The molecule has 0 fully saturated rings. The van der Waals surface area contributed by atoms with Crippen molar-refractivity contribution in [1.29, 1.82) is 0 Å². The highest BCUT2D eigenvalue weighted by Gasteiger charge is 2.30. The number of benzene rings is 3. The van der Waals surface area contributed by atoms with Crippen LogP contribution in [0.4, 0.5) is 17.1 Å². The number of carbonyl (C=O) groups excluding carboxylic acids is 1. The number of nitrogens with one attached hydrogen (secondary N) is 3. The highest BCUT2D eigenvalue weighted by molar-refractivity contribution is 7.92. The molecule has 0 radical (unpaired) electrons. The fraction of sp³-hybridized carbons (Fsp3) is 0.276. The van der Waals surface area contributed by atoms with Gasteiger partial charge in [-0.1, -0.05) is 30.3 Å². The van der Waals surface area contributed by atoms with Crippen molar-refractivity contribution in [3.05, 3.63) is 77.9 Å². The molecule has 0 unspecified atom stereocenters. The van der Waals surface area contributed by atoms with Gasteiger partial charge in [-0.3, -0.25) is 9.10 Å². The van der Waals surface area contributed by atoms with Crippen LogP contribution in [0.5, 0.6) is 11.5 Å². The van der Waals surface area contributed by atoms with E-state index in [4.69, 9.17) is 9.47 Å². The van der Waals surface area contributed by atoms with Gasteiger partial charge in [0.05, 0.1) is 42.1 Å². The van der Waals surface area contributed by atoms with E-state index in [1.165, 1.54) is 10.6 Å². The van der Waals surface area contributed by atoms with Crippen LogP contribution in [0.3, 0.4) is 0 Å². The Labute approximate surface area is 229 Å². The standard InChI is InChI=1S/C29H34N4O5S/c1-5-37-25-18-23-24(19-26(25)38-6-2)32-29(34)27(23)28(20-10-8-7-9-11-20)31-21-12-14-22(15-13-21)33(17-16-30-3)39(4,35)36/h7-15,18-19,30-31H,5-6,16-17H2,1-4H3,(H,32,34). The highest BCUT2D eigenvalue weighted by Crippen LogP contribution is 2.43. The predicted molar refractivity (Wildman–Crippen MR) is 157 cm³/mol. The molecule has 0 spiro atoms. The number of ether oxygens (including phenoxy) is 2. The summed E-state index contributed by atoms with van der Waals surface area (Å²) in [6.07, 6.45) is 1.19. The van der Waals surface area contributed by atoms with Crippen molar-refractivity contribution >= 4 is 44.3 Å². The van der Waals surface area contributed by atoms with Gasteiger partial charge in [-0.15, -0.1) is 0 Å². The normalized spacial score (nSPS) is 13.9. The van der Waals surface area contributed by atoms with Crippen molar-refractivity contribution in [2.75, 3.05) is 54.5 Å². The van der Waals surface area contributed by atoms with Gasteiger partial charge >= 0.3 is 0 Å². The molecule has 0 saturated carbocycles. The average molecular weight is 551 g/mol. The molecule has 0 aliphatic carbocycles. The quantitative estimate of drug-likeness (QED) is 0.287. The van der Waals surface area contributed by atoms with Crippen LogP contribution in [-0.2, 0) is 14.8 Å². The lowest BCUT2D eigenvalue weighted by molar-refractivity contribution is -0.110. The third kappa shape index (κ3) is 6.35. The first-order chi connectivity index (χ1) is 18.8. The summed E-state index contributed by atoms with van der Waals surface area (Å²) in [5, 5.41) is 9.36. The van der Waals surface area contributed by atoms with Crippen LogP contribution < -0.4 is 29.7 Å². The molecule has 1 heterocycles. The van der Waals surface area contributed by atoms with E-state index in [2.05, 4.69) is 16.0 Å². The largest absolute Gasteiger partial charge is 0.490 e. The Morgan fingerprint density at radius 1 is 0.949 bits per heavy atom. The topological polar surface area (TPSA) is 109 Å². The minimum atomic E-state index is -3.45. The summed E-state index contributed by atoms with van der Waals surface area (Å²) in [4.78, 5) is 13.4. The van der Waals surface area contributed by atoms with Crippen LogP contribution in [0.15, 0.2) is 66.7 Å². The fourth-order valence-electron chi connectivity index (χ4n) is 4.40. The fourth-order valence-corrected chi connectivity index (χ4v) is 5.33. The van der Waals surface area contributed by atoms with Crippen LogP contribution in [0.1, 0.15) is 25.0 Å². The molecule has 0 bridgehead atoms. The lowest BCUT2D eigenvalue weighted by Crippen LogP contribution is -2.35. The molecule has 1 aliphatic rings. The van der Waals surface area contributed by atoms with Crippen LogP contribution in [-0.4, -0.2) is 53.9 Å². The Bertz CT molecular complexity index is 1450. The monoisotopic (exact) mass is 550 g/mol. The van der Waals surface area contributed by atoms with Gasteiger partial charge in [-0.25, -0.2) is 8.42 Å². The molecule has 1 aliphatic heterocycles. The minimum Gasteiger partial charge on any atom is -0.490 e. The Morgan fingerprint density at radius 3 is 2.18 bits per heavy atom. The van der Waals surface area contributed by atoms with Gasteiger partial charge in [0.1, 0.15) is 0 Å². The smallest absolute Gasteiger partial charge is 0.258 e. The summed E-state index contributed by atoms with van der Waals surface area (Å²) < 4.78 is 37.7. The van der Waals surface area contributed by atoms with Gasteiger partial charge in [-0.05, 0) is 56.8 Å². The number of fused-ring (bicyclic) bond motifs is 1. The number of carbonyl (C=O) groups is 1. The third-order valence-electron chi connectivity index (χ3n) is 6.13. The first-order valence-electron chi connectivity index (χ1n) is 12.8. The maximum atomic E-state index is 13.4. The lowest BCUT2D eigenvalue weighted by Gasteiger charge is -2.23. The molecule has 10 heteroatoms. The summed E-state index contributed by atoms with van der Waals surface area (Å²) >= 11 is 0. The molecule has 9 nitrogen and oxygen atoms in total. The summed E-state index contributed by atoms with van der Waals surface area (Å²) in [6.45, 7) is 5.53. The van der Waals surface area contributed by atoms with Crippen LogP contribution in [0.2, 0.25) is 0 Å². The van der Waals surface area contributed by atoms with Crippen molar-refractivity contribution in [2.45, 2.75) is 13.8 Å². The minimum absolute atomic E-state index is 0.251. The van der Waals surface area contributed by atoms with E-state index in [9.17, 15) is 13.2 Å². The zero-order valence-corrected chi connectivity index (χ0v) is 23.4. The second kappa shape index (κ2) is 12.2. The number of hydrogen-bond acceptors (Lipinski definition) is 7. The summed E-state index contributed by atoms with van der Waals surface area (Å²) in [6, 6.07) is 20.3. The number of likely N-dealkylation sites (N-methyl/N-ethyl adjacent to an activating group) is 1. The molecule has 0 aromatic heterocycles. The third-order valence-corrected chi connectivity index (χ3v) is 7.32.